The van der Waals surface area contributed by atoms with Crippen LogP contribution in [0, 0.1) is 0 Å². The van der Waals surface area contributed by atoms with Gasteiger partial charge in [-0.25, -0.2) is 10.4 Å². The predicted octanol–water partition coefficient (Wildman–Crippen LogP) is 5.80. The molecule has 0 aliphatic carbocycles. The van der Waals surface area contributed by atoms with Crippen LogP contribution < -0.4 is 10.2 Å². The number of hydrazone groups is 1. The van der Waals surface area contributed by atoms with Gasteiger partial charge in [-0.05, 0) is 46.2 Å². The molecule has 0 atom stereocenters. The number of carbonyl (C=O) groups excluding carboxylic acids is 1. The van der Waals surface area contributed by atoms with E-state index >= 15 is 0 Å². The number of amides is 1. The van der Waals surface area contributed by atoms with Gasteiger partial charge >= 0.3 is 0 Å². The smallest absolute Gasteiger partial charge is 0.257 e. The van der Waals surface area contributed by atoms with Crippen LogP contribution >= 0.6 is 11.8 Å². The molecule has 0 aliphatic rings. The molecule has 0 saturated carbocycles. The first-order valence-corrected chi connectivity index (χ1v) is 11.7. The van der Waals surface area contributed by atoms with Gasteiger partial charge in [0.25, 0.3) is 11.1 Å². The minimum absolute atomic E-state index is 0.151. The summed E-state index contributed by atoms with van der Waals surface area (Å²) in [7, 11) is 0. The van der Waals surface area contributed by atoms with Gasteiger partial charge in [0.1, 0.15) is 17.9 Å². The Balaban J connectivity index is 1.14. The lowest BCUT2D eigenvalue weighted by atomic mass is 10.1. The van der Waals surface area contributed by atoms with Gasteiger partial charge in [-0.3, -0.25) is 4.79 Å². The van der Waals surface area contributed by atoms with Crippen LogP contribution in [0.1, 0.15) is 11.1 Å². The number of para-hydroxylation sites is 2. The first kappa shape index (κ1) is 21.7. The van der Waals surface area contributed by atoms with Crippen molar-refractivity contribution < 1.29 is 13.9 Å². The zero-order chi connectivity index (χ0) is 23.2. The van der Waals surface area contributed by atoms with Gasteiger partial charge < -0.3 is 9.15 Å². The molecule has 34 heavy (non-hydrogen) atoms. The van der Waals surface area contributed by atoms with Crippen molar-refractivity contribution in [3.8, 4) is 5.75 Å². The number of benzene rings is 4. The number of carbonyl (C=O) groups is 1. The fourth-order valence-electron chi connectivity index (χ4n) is 3.52. The van der Waals surface area contributed by atoms with Crippen molar-refractivity contribution in [1.82, 2.24) is 10.4 Å². The molecule has 0 radical (unpaired) electrons. The van der Waals surface area contributed by atoms with Crippen molar-refractivity contribution >= 4 is 45.8 Å². The number of oxazole rings is 1. The van der Waals surface area contributed by atoms with Crippen LogP contribution in [0.25, 0.3) is 21.9 Å². The molecule has 4 aromatic carbocycles. The van der Waals surface area contributed by atoms with Gasteiger partial charge in [0, 0.05) is 0 Å². The number of hydrogen-bond acceptors (Lipinski definition) is 6. The lowest BCUT2D eigenvalue weighted by Gasteiger charge is -2.09. The summed E-state index contributed by atoms with van der Waals surface area (Å²) < 4.78 is 11.6. The summed E-state index contributed by atoms with van der Waals surface area (Å²) in [6.07, 6.45) is 1.59. The number of fused-ring (bicyclic) bond motifs is 2. The molecule has 0 spiro atoms. The Morgan fingerprint density at radius 3 is 2.76 bits per heavy atom. The first-order chi connectivity index (χ1) is 16.7. The average molecular weight is 468 g/mol. The molecule has 1 N–H and O–H groups in total. The molecule has 5 rings (SSSR count). The molecule has 0 unspecified atom stereocenters. The van der Waals surface area contributed by atoms with E-state index in [1.807, 2.05) is 66.7 Å². The molecule has 0 aliphatic heterocycles. The molecule has 1 amide bonds. The maximum absolute atomic E-state index is 12.1. The van der Waals surface area contributed by atoms with Gasteiger partial charge in [-0.1, -0.05) is 78.5 Å². The van der Waals surface area contributed by atoms with Crippen molar-refractivity contribution in [3.63, 3.8) is 0 Å². The largest absolute Gasteiger partial charge is 0.489 e. The highest BCUT2D eigenvalue weighted by Crippen LogP contribution is 2.23. The van der Waals surface area contributed by atoms with Crippen LogP contribution in [0.15, 0.2) is 106 Å². The second-order valence-electron chi connectivity index (χ2n) is 7.53. The number of hydrogen-bond donors (Lipinski definition) is 1. The Bertz CT molecular complexity index is 1440. The van der Waals surface area contributed by atoms with E-state index in [4.69, 9.17) is 9.15 Å². The van der Waals surface area contributed by atoms with Crippen molar-refractivity contribution in [2.45, 2.75) is 11.8 Å². The Morgan fingerprint density at radius 1 is 1.00 bits per heavy atom. The maximum atomic E-state index is 12.1. The number of nitrogens with zero attached hydrogens (tertiary/aromatic N) is 2. The van der Waals surface area contributed by atoms with Crippen LogP contribution in [0.2, 0.25) is 0 Å². The van der Waals surface area contributed by atoms with E-state index in [-0.39, 0.29) is 11.7 Å². The molecule has 168 valence electrons. The summed E-state index contributed by atoms with van der Waals surface area (Å²) in [6.45, 7) is 0.464. The van der Waals surface area contributed by atoms with Crippen LogP contribution in [-0.2, 0) is 11.4 Å². The van der Waals surface area contributed by atoms with E-state index in [1.165, 1.54) is 22.5 Å². The van der Waals surface area contributed by atoms with E-state index in [2.05, 4.69) is 39.8 Å². The number of aromatic nitrogens is 1. The molecule has 1 aromatic heterocycles. The molecule has 7 heteroatoms. The van der Waals surface area contributed by atoms with Crippen LogP contribution in [0.5, 0.6) is 5.75 Å². The SMILES string of the molecule is O=C(CSc1nc2ccccc2o1)N/N=C\c1cccc(OCc2cccc3ccccc23)c1. The lowest BCUT2D eigenvalue weighted by molar-refractivity contribution is -0.118. The summed E-state index contributed by atoms with van der Waals surface area (Å²) in [5.41, 5.74) is 5.95. The average Bonchev–Trinajstić information content (AvgIpc) is 3.30. The zero-order valence-corrected chi connectivity index (χ0v) is 19.0. The Morgan fingerprint density at radius 2 is 1.82 bits per heavy atom. The highest BCUT2D eigenvalue weighted by atomic mass is 32.2. The van der Waals surface area contributed by atoms with Crippen molar-refractivity contribution in [2.24, 2.45) is 5.10 Å². The Labute approximate surface area is 200 Å². The molecule has 5 aromatic rings. The van der Waals surface area contributed by atoms with E-state index in [0.717, 1.165) is 22.4 Å². The summed E-state index contributed by atoms with van der Waals surface area (Å²) in [4.78, 5) is 16.5. The molecular formula is C27H21N3O3S. The fraction of sp³-hybridized carbons (Fsp3) is 0.0741. The number of ether oxygens (including phenoxy) is 1. The van der Waals surface area contributed by atoms with Crippen LogP contribution in [0.4, 0.5) is 0 Å². The van der Waals surface area contributed by atoms with Gasteiger partial charge in [-0.2, -0.15) is 5.10 Å². The van der Waals surface area contributed by atoms with Crippen molar-refractivity contribution in [3.05, 3.63) is 102 Å². The zero-order valence-electron chi connectivity index (χ0n) is 18.2. The second-order valence-corrected chi connectivity index (χ2v) is 8.46. The Kier molecular flexibility index (Phi) is 6.54. The van der Waals surface area contributed by atoms with Gasteiger partial charge in [0.05, 0.1) is 12.0 Å². The molecule has 0 saturated heterocycles. The molecule has 1 heterocycles. The van der Waals surface area contributed by atoms with Crippen LogP contribution in [0.3, 0.4) is 0 Å². The maximum Gasteiger partial charge on any atom is 0.257 e. The standard InChI is InChI=1S/C27H21N3O3S/c31-26(18-34-27-29-24-13-3-4-14-25(24)33-27)30-28-16-19-7-5-11-22(15-19)32-17-21-10-6-9-20-8-1-2-12-23(20)21/h1-16H,17-18H2,(H,30,31)/b28-16-. The summed E-state index contributed by atoms with van der Waals surface area (Å²) in [6, 6.07) is 29.5. The lowest BCUT2D eigenvalue weighted by Crippen LogP contribution is -2.19. The summed E-state index contributed by atoms with van der Waals surface area (Å²) in [5, 5.41) is 6.88. The summed E-state index contributed by atoms with van der Waals surface area (Å²) in [5.74, 6) is 0.639. The minimum atomic E-state index is -0.244. The monoisotopic (exact) mass is 467 g/mol. The molecule has 6 nitrogen and oxygen atoms in total. The third-order valence-electron chi connectivity index (χ3n) is 5.14. The van der Waals surface area contributed by atoms with E-state index in [0.29, 0.717) is 17.4 Å². The Hall–Kier alpha value is -4.10. The number of nitrogens with one attached hydrogen (secondary N) is 1. The van der Waals surface area contributed by atoms with Crippen molar-refractivity contribution in [2.75, 3.05) is 5.75 Å². The highest BCUT2D eigenvalue weighted by molar-refractivity contribution is 7.99. The van der Waals surface area contributed by atoms with E-state index in [1.54, 1.807) is 6.21 Å². The normalized spacial score (nSPS) is 11.3. The third-order valence-corrected chi connectivity index (χ3v) is 5.96. The molecule has 0 bridgehead atoms. The molecular weight excluding hydrogens is 446 g/mol. The fourth-order valence-corrected chi connectivity index (χ4v) is 4.15. The van der Waals surface area contributed by atoms with Crippen LogP contribution in [-0.4, -0.2) is 22.9 Å². The highest BCUT2D eigenvalue weighted by Gasteiger charge is 2.08. The van der Waals surface area contributed by atoms with E-state index in [9.17, 15) is 4.79 Å². The quantitative estimate of drug-likeness (QED) is 0.177. The summed E-state index contributed by atoms with van der Waals surface area (Å²) >= 11 is 1.22. The minimum Gasteiger partial charge on any atom is -0.489 e. The third kappa shape index (κ3) is 5.27. The second kappa shape index (κ2) is 10.2. The van der Waals surface area contributed by atoms with Gasteiger partial charge in [0.15, 0.2) is 5.58 Å². The number of rotatable bonds is 8. The van der Waals surface area contributed by atoms with E-state index < -0.39 is 0 Å². The number of thioether (sulfide) groups is 1. The van der Waals surface area contributed by atoms with Gasteiger partial charge in [-0.15, -0.1) is 0 Å². The molecule has 0 fully saturated rings. The topological polar surface area (TPSA) is 76.7 Å². The van der Waals surface area contributed by atoms with Gasteiger partial charge in [0.2, 0.25) is 0 Å². The van der Waals surface area contributed by atoms with Crippen molar-refractivity contribution in [1.29, 1.82) is 0 Å². The first-order valence-electron chi connectivity index (χ1n) is 10.7. The predicted molar refractivity (Wildman–Crippen MR) is 135 cm³/mol.